The van der Waals surface area contributed by atoms with Gasteiger partial charge < -0.3 is 9.88 Å². The Morgan fingerprint density at radius 1 is 0.971 bits per heavy atom. The third-order valence-corrected chi connectivity index (χ3v) is 8.74. The molecule has 2 aromatic heterocycles. The third-order valence-electron chi connectivity index (χ3n) is 6.89. The lowest BCUT2D eigenvalue weighted by molar-refractivity contribution is 0.0712. The number of carbonyl (C=O) groups is 2. The van der Waals surface area contributed by atoms with Crippen LogP contribution in [0.15, 0.2) is 76.8 Å². The number of piperidine rings is 1. The van der Waals surface area contributed by atoms with Gasteiger partial charge in [-0.15, -0.1) is 0 Å². The van der Waals surface area contributed by atoms with Crippen molar-refractivity contribution in [3.63, 3.8) is 0 Å². The number of aromatic amines is 1. The Labute approximate surface area is 196 Å². The van der Waals surface area contributed by atoms with Gasteiger partial charge in [-0.25, -0.2) is 13.4 Å². The number of carbonyl (C=O) groups excluding carboxylic acids is 2. The molecule has 8 heteroatoms. The molecule has 1 saturated heterocycles. The fourth-order valence-corrected chi connectivity index (χ4v) is 6.79. The predicted octanol–water partition coefficient (Wildman–Crippen LogP) is 3.96. The van der Waals surface area contributed by atoms with Crippen LogP contribution >= 0.6 is 0 Å². The third kappa shape index (κ3) is 3.09. The van der Waals surface area contributed by atoms with Crippen LogP contribution < -0.4 is 0 Å². The highest BCUT2D eigenvalue weighted by Gasteiger charge is 2.35. The van der Waals surface area contributed by atoms with Crippen molar-refractivity contribution in [3.05, 3.63) is 89.2 Å². The summed E-state index contributed by atoms with van der Waals surface area (Å²) in [5, 5.41) is 1.11. The van der Waals surface area contributed by atoms with Gasteiger partial charge in [0, 0.05) is 47.6 Å². The minimum absolute atomic E-state index is 0.00821. The summed E-state index contributed by atoms with van der Waals surface area (Å²) in [6.07, 6.45) is 5.38. The SMILES string of the molecule is O=C1c2ccccc2S(=O)(=O)c2cc(C(=O)N3CCC(c4c[nH]c5ncccc45)CC3)ccc21. The number of amides is 1. The smallest absolute Gasteiger partial charge is 0.253 e. The molecular formula is C26H21N3O4S. The number of nitrogens with zero attached hydrogens (tertiary/aromatic N) is 2. The van der Waals surface area contributed by atoms with Gasteiger partial charge in [-0.3, -0.25) is 9.59 Å². The van der Waals surface area contributed by atoms with Crippen LogP contribution in [0.1, 0.15) is 50.6 Å². The molecule has 0 atom stereocenters. The van der Waals surface area contributed by atoms with E-state index in [1.807, 2.05) is 12.3 Å². The molecule has 7 nitrogen and oxygen atoms in total. The Balaban J connectivity index is 1.25. The molecule has 6 rings (SSSR count). The number of sulfone groups is 1. The van der Waals surface area contributed by atoms with E-state index in [2.05, 4.69) is 16.0 Å². The largest absolute Gasteiger partial charge is 0.346 e. The minimum Gasteiger partial charge on any atom is -0.346 e. The minimum atomic E-state index is -3.88. The van der Waals surface area contributed by atoms with Crippen LogP contribution in [0.3, 0.4) is 0 Å². The summed E-state index contributed by atoms with van der Waals surface area (Å²) in [7, 11) is -3.88. The van der Waals surface area contributed by atoms with Crippen molar-refractivity contribution in [1.82, 2.24) is 14.9 Å². The molecule has 1 N–H and O–H groups in total. The summed E-state index contributed by atoms with van der Waals surface area (Å²) in [5.74, 6) is -0.239. The molecule has 0 radical (unpaired) electrons. The first-order valence-electron chi connectivity index (χ1n) is 11.2. The van der Waals surface area contributed by atoms with Crippen LogP contribution in [-0.4, -0.2) is 48.1 Å². The second kappa shape index (κ2) is 7.63. The lowest BCUT2D eigenvalue weighted by atomic mass is 9.89. The number of H-pyrrole nitrogens is 1. The molecule has 4 heterocycles. The lowest BCUT2D eigenvalue weighted by Crippen LogP contribution is -2.38. The summed E-state index contributed by atoms with van der Waals surface area (Å²) in [6.45, 7) is 1.14. The van der Waals surface area contributed by atoms with Gasteiger partial charge in [0.1, 0.15) is 5.65 Å². The molecule has 34 heavy (non-hydrogen) atoms. The van der Waals surface area contributed by atoms with Gasteiger partial charge in [-0.2, -0.15) is 0 Å². The summed E-state index contributed by atoms with van der Waals surface area (Å²) in [5.41, 5.74) is 2.64. The van der Waals surface area contributed by atoms with Crippen LogP contribution in [-0.2, 0) is 9.84 Å². The molecule has 4 aromatic rings. The van der Waals surface area contributed by atoms with E-state index in [-0.39, 0.29) is 38.2 Å². The van der Waals surface area contributed by atoms with E-state index >= 15 is 0 Å². The molecule has 1 amide bonds. The number of likely N-dealkylation sites (tertiary alicyclic amines) is 1. The van der Waals surface area contributed by atoms with Gasteiger partial charge >= 0.3 is 0 Å². The van der Waals surface area contributed by atoms with Gasteiger partial charge in [0.25, 0.3) is 5.91 Å². The number of ketones is 1. The van der Waals surface area contributed by atoms with E-state index in [9.17, 15) is 18.0 Å². The molecule has 170 valence electrons. The molecule has 2 aliphatic heterocycles. The highest BCUT2D eigenvalue weighted by Crippen LogP contribution is 2.36. The molecule has 0 unspecified atom stereocenters. The fourth-order valence-electron chi connectivity index (χ4n) is 5.11. The molecule has 0 spiro atoms. The van der Waals surface area contributed by atoms with Gasteiger partial charge in [0.2, 0.25) is 9.84 Å². The number of hydrogen-bond donors (Lipinski definition) is 1. The molecule has 2 aromatic carbocycles. The maximum Gasteiger partial charge on any atom is 0.253 e. The zero-order valence-corrected chi connectivity index (χ0v) is 19.0. The maximum atomic E-state index is 13.3. The highest BCUT2D eigenvalue weighted by atomic mass is 32.2. The van der Waals surface area contributed by atoms with E-state index in [0.717, 1.165) is 23.9 Å². The van der Waals surface area contributed by atoms with Crippen LogP contribution in [0, 0.1) is 0 Å². The number of hydrogen-bond acceptors (Lipinski definition) is 5. The van der Waals surface area contributed by atoms with Crippen LogP contribution in [0.4, 0.5) is 0 Å². The van der Waals surface area contributed by atoms with Gasteiger partial charge in [0.05, 0.1) is 9.79 Å². The average Bonchev–Trinajstić information content (AvgIpc) is 3.31. The Morgan fingerprint density at radius 2 is 1.74 bits per heavy atom. The summed E-state index contributed by atoms with van der Waals surface area (Å²) >= 11 is 0. The second-order valence-corrected chi connectivity index (χ2v) is 10.6. The number of nitrogens with one attached hydrogen (secondary N) is 1. The molecular weight excluding hydrogens is 450 g/mol. The zero-order chi connectivity index (χ0) is 23.4. The van der Waals surface area contributed by atoms with Crippen LogP contribution in [0.2, 0.25) is 0 Å². The fraction of sp³-hybridized carbons (Fsp3) is 0.192. The predicted molar refractivity (Wildman–Crippen MR) is 126 cm³/mol. The second-order valence-electron chi connectivity index (χ2n) is 8.75. The van der Waals surface area contributed by atoms with Crippen molar-refractivity contribution in [2.75, 3.05) is 13.1 Å². The summed E-state index contributed by atoms with van der Waals surface area (Å²) in [4.78, 5) is 35.3. The molecule has 0 aliphatic carbocycles. The molecule has 0 bridgehead atoms. The molecule has 1 fully saturated rings. The van der Waals surface area contributed by atoms with Gasteiger partial charge in [-0.05, 0) is 66.8 Å². The Hall–Kier alpha value is -3.78. The Kier molecular flexibility index (Phi) is 4.67. The number of fused-ring (bicyclic) bond motifs is 3. The number of pyridine rings is 1. The summed E-state index contributed by atoms with van der Waals surface area (Å²) in [6, 6.07) is 14.5. The number of aromatic nitrogens is 2. The average molecular weight is 472 g/mol. The monoisotopic (exact) mass is 471 g/mol. The van der Waals surface area contributed by atoms with Crippen molar-refractivity contribution in [2.45, 2.75) is 28.6 Å². The normalized spacial score (nSPS) is 17.4. The van der Waals surface area contributed by atoms with Crippen molar-refractivity contribution >= 4 is 32.6 Å². The summed E-state index contributed by atoms with van der Waals surface area (Å²) < 4.78 is 26.4. The van der Waals surface area contributed by atoms with E-state index in [4.69, 9.17) is 0 Å². The first-order valence-corrected chi connectivity index (χ1v) is 12.7. The Bertz CT molecular complexity index is 1580. The molecule has 2 aliphatic rings. The lowest BCUT2D eigenvalue weighted by Gasteiger charge is -2.32. The molecule has 0 saturated carbocycles. The van der Waals surface area contributed by atoms with Crippen LogP contribution in [0.25, 0.3) is 11.0 Å². The van der Waals surface area contributed by atoms with Gasteiger partial charge in [-0.1, -0.05) is 12.1 Å². The van der Waals surface area contributed by atoms with E-state index in [0.29, 0.717) is 19.0 Å². The van der Waals surface area contributed by atoms with Crippen molar-refractivity contribution in [3.8, 4) is 0 Å². The maximum absolute atomic E-state index is 13.3. The number of rotatable bonds is 2. The van der Waals surface area contributed by atoms with Crippen molar-refractivity contribution in [2.24, 2.45) is 0 Å². The highest BCUT2D eigenvalue weighted by molar-refractivity contribution is 7.91. The standard InChI is InChI=1S/C26H21N3O4S/c30-24-19-4-1-2-6-22(19)34(32,33)23-14-17(7-8-20(23)24)26(31)29-12-9-16(10-13-29)21-15-28-25-18(21)5-3-11-27-25/h1-8,11,14-16H,9-10,12-13H2,(H,27,28). The van der Waals surface area contributed by atoms with E-state index in [1.165, 1.54) is 29.8 Å². The Morgan fingerprint density at radius 3 is 2.56 bits per heavy atom. The van der Waals surface area contributed by atoms with Crippen LogP contribution in [0.5, 0.6) is 0 Å². The van der Waals surface area contributed by atoms with E-state index in [1.54, 1.807) is 29.3 Å². The zero-order valence-electron chi connectivity index (χ0n) is 18.2. The van der Waals surface area contributed by atoms with Crippen molar-refractivity contribution in [1.29, 1.82) is 0 Å². The van der Waals surface area contributed by atoms with Gasteiger partial charge in [0.15, 0.2) is 5.78 Å². The topological polar surface area (TPSA) is 100 Å². The first-order chi connectivity index (χ1) is 16.4. The number of benzene rings is 2. The van der Waals surface area contributed by atoms with E-state index < -0.39 is 9.84 Å². The quantitative estimate of drug-likeness (QED) is 0.420. The van der Waals surface area contributed by atoms with Crippen molar-refractivity contribution < 1.29 is 18.0 Å². The first kappa shape index (κ1) is 20.8.